The standard InChI is InChI=1S/C15H16N2O4/c1-20-10-2-3-11-12(8-10)14(18)16-15(19)13(11)9-17-4-6-21-7-5-17/h2-3,8-9H,4-7H2,1H3,(H,16,18,19). The van der Waals surface area contributed by atoms with Crippen LogP contribution >= 0.6 is 0 Å². The zero-order valence-corrected chi connectivity index (χ0v) is 11.7. The molecule has 3 rings (SSSR count). The fourth-order valence-electron chi connectivity index (χ4n) is 2.45. The van der Waals surface area contributed by atoms with E-state index in [1.807, 2.05) is 4.90 Å². The van der Waals surface area contributed by atoms with Gasteiger partial charge in [0.25, 0.3) is 11.8 Å². The second-order valence-electron chi connectivity index (χ2n) is 4.89. The maximum atomic E-state index is 12.1. The number of methoxy groups -OCH3 is 1. The van der Waals surface area contributed by atoms with Gasteiger partial charge in [0, 0.05) is 24.9 Å². The number of fused-ring (bicyclic) bond motifs is 1. The number of carbonyl (C=O) groups excluding carboxylic acids is 2. The minimum absolute atomic E-state index is 0.371. The third-order valence-corrected chi connectivity index (χ3v) is 3.59. The first-order valence-electron chi connectivity index (χ1n) is 6.77. The molecule has 1 saturated heterocycles. The van der Waals surface area contributed by atoms with Crippen molar-refractivity contribution in [3.63, 3.8) is 0 Å². The van der Waals surface area contributed by atoms with E-state index in [-0.39, 0.29) is 5.91 Å². The van der Waals surface area contributed by atoms with Crippen molar-refractivity contribution in [3.8, 4) is 5.75 Å². The highest BCUT2D eigenvalue weighted by Gasteiger charge is 2.28. The van der Waals surface area contributed by atoms with Crippen LogP contribution in [0.2, 0.25) is 0 Å². The van der Waals surface area contributed by atoms with E-state index < -0.39 is 5.91 Å². The Bertz CT molecular complexity index is 618. The van der Waals surface area contributed by atoms with Crippen LogP contribution in [0.15, 0.2) is 24.4 Å². The number of hydrogen-bond acceptors (Lipinski definition) is 5. The van der Waals surface area contributed by atoms with Gasteiger partial charge in [-0.1, -0.05) is 0 Å². The van der Waals surface area contributed by atoms with Gasteiger partial charge in [-0.25, -0.2) is 0 Å². The van der Waals surface area contributed by atoms with Crippen molar-refractivity contribution in [1.82, 2.24) is 10.2 Å². The lowest BCUT2D eigenvalue weighted by Gasteiger charge is -2.27. The maximum Gasteiger partial charge on any atom is 0.260 e. The minimum atomic E-state index is -0.395. The molecule has 6 nitrogen and oxygen atoms in total. The molecule has 6 heteroatoms. The Morgan fingerprint density at radius 3 is 2.67 bits per heavy atom. The Kier molecular flexibility index (Phi) is 3.62. The molecule has 110 valence electrons. The summed E-state index contributed by atoms with van der Waals surface area (Å²) in [6.45, 7) is 2.74. The Hall–Kier alpha value is -2.34. The van der Waals surface area contributed by atoms with Crippen LogP contribution in [0.1, 0.15) is 15.9 Å². The first-order valence-corrected chi connectivity index (χ1v) is 6.77. The molecular weight excluding hydrogens is 272 g/mol. The van der Waals surface area contributed by atoms with Gasteiger partial charge in [-0.15, -0.1) is 0 Å². The van der Waals surface area contributed by atoms with E-state index in [1.165, 1.54) is 7.11 Å². The number of morpholine rings is 1. The molecule has 0 atom stereocenters. The van der Waals surface area contributed by atoms with Crippen LogP contribution in [0.3, 0.4) is 0 Å². The van der Waals surface area contributed by atoms with Crippen molar-refractivity contribution in [3.05, 3.63) is 35.5 Å². The maximum absolute atomic E-state index is 12.1. The van der Waals surface area contributed by atoms with Gasteiger partial charge in [0.2, 0.25) is 0 Å². The third-order valence-electron chi connectivity index (χ3n) is 3.59. The average molecular weight is 288 g/mol. The van der Waals surface area contributed by atoms with Gasteiger partial charge in [-0.3, -0.25) is 14.9 Å². The van der Waals surface area contributed by atoms with Gasteiger partial charge in [0.1, 0.15) is 5.75 Å². The summed E-state index contributed by atoms with van der Waals surface area (Å²) in [6, 6.07) is 5.14. The molecular formula is C15H16N2O4. The molecule has 2 aliphatic rings. The van der Waals surface area contributed by atoms with E-state index >= 15 is 0 Å². The van der Waals surface area contributed by atoms with Crippen molar-refractivity contribution in [2.75, 3.05) is 33.4 Å². The van der Waals surface area contributed by atoms with Gasteiger partial charge in [0.05, 0.1) is 31.5 Å². The van der Waals surface area contributed by atoms with Gasteiger partial charge >= 0.3 is 0 Å². The number of hydrogen-bond donors (Lipinski definition) is 1. The number of nitrogens with one attached hydrogen (secondary N) is 1. The van der Waals surface area contributed by atoms with E-state index in [0.29, 0.717) is 35.7 Å². The van der Waals surface area contributed by atoms with Crippen molar-refractivity contribution in [1.29, 1.82) is 0 Å². The van der Waals surface area contributed by atoms with Crippen LogP contribution < -0.4 is 10.1 Å². The summed E-state index contributed by atoms with van der Waals surface area (Å²) in [5, 5.41) is 2.37. The topological polar surface area (TPSA) is 67.9 Å². The molecule has 0 spiro atoms. The quantitative estimate of drug-likeness (QED) is 0.639. The Morgan fingerprint density at radius 1 is 1.19 bits per heavy atom. The summed E-state index contributed by atoms with van der Waals surface area (Å²) in [5.41, 5.74) is 1.58. The number of amides is 2. The minimum Gasteiger partial charge on any atom is -0.497 e. The summed E-state index contributed by atoms with van der Waals surface area (Å²) in [4.78, 5) is 26.1. The van der Waals surface area contributed by atoms with Crippen molar-refractivity contribution >= 4 is 17.4 Å². The molecule has 0 aromatic heterocycles. The number of carbonyl (C=O) groups is 2. The summed E-state index contributed by atoms with van der Waals surface area (Å²) in [5.74, 6) is -0.179. The van der Waals surface area contributed by atoms with Crippen LogP contribution in [-0.2, 0) is 9.53 Å². The molecule has 1 fully saturated rings. The summed E-state index contributed by atoms with van der Waals surface area (Å²) >= 11 is 0. The fraction of sp³-hybridized carbons (Fsp3) is 0.333. The molecule has 1 N–H and O–H groups in total. The van der Waals surface area contributed by atoms with Crippen molar-refractivity contribution < 1.29 is 19.1 Å². The first kappa shape index (κ1) is 13.6. The fourth-order valence-corrected chi connectivity index (χ4v) is 2.45. The number of benzene rings is 1. The molecule has 0 aliphatic carbocycles. The number of ether oxygens (including phenoxy) is 2. The smallest absolute Gasteiger partial charge is 0.260 e. The van der Waals surface area contributed by atoms with Gasteiger partial charge in [0.15, 0.2) is 0 Å². The number of imide groups is 1. The number of nitrogens with zero attached hydrogens (tertiary/aromatic N) is 1. The van der Waals surface area contributed by atoms with E-state index in [2.05, 4.69) is 5.32 Å². The Labute approximate surface area is 122 Å². The predicted molar refractivity (Wildman–Crippen MR) is 75.8 cm³/mol. The zero-order valence-electron chi connectivity index (χ0n) is 11.7. The monoisotopic (exact) mass is 288 g/mol. The molecule has 0 radical (unpaired) electrons. The molecule has 0 unspecified atom stereocenters. The van der Waals surface area contributed by atoms with E-state index in [9.17, 15) is 9.59 Å². The SMILES string of the molecule is COc1ccc2c(c1)C(=O)NC(=O)C2=CN1CCOCC1. The van der Waals surface area contributed by atoms with Crippen LogP contribution in [0.5, 0.6) is 5.75 Å². The predicted octanol–water partition coefficient (Wildman–Crippen LogP) is 0.638. The highest BCUT2D eigenvalue weighted by atomic mass is 16.5. The normalized spacial score (nSPS) is 20.2. The van der Waals surface area contributed by atoms with Crippen LogP contribution in [0, 0.1) is 0 Å². The van der Waals surface area contributed by atoms with Crippen molar-refractivity contribution in [2.45, 2.75) is 0 Å². The largest absolute Gasteiger partial charge is 0.497 e. The second-order valence-corrected chi connectivity index (χ2v) is 4.89. The Balaban J connectivity index is 2.01. The van der Waals surface area contributed by atoms with E-state index in [1.54, 1.807) is 24.4 Å². The lowest BCUT2D eigenvalue weighted by Crippen LogP contribution is -2.38. The van der Waals surface area contributed by atoms with Crippen LogP contribution in [-0.4, -0.2) is 50.1 Å². The van der Waals surface area contributed by atoms with E-state index in [4.69, 9.17) is 9.47 Å². The number of rotatable bonds is 2. The Morgan fingerprint density at radius 2 is 1.95 bits per heavy atom. The second kappa shape index (κ2) is 5.57. The molecule has 2 amide bonds. The van der Waals surface area contributed by atoms with Crippen molar-refractivity contribution in [2.24, 2.45) is 0 Å². The highest BCUT2D eigenvalue weighted by Crippen LogP contribution is 2.28. The van der Waals surface area contributed by atoms with E-state index in [0.717, 1.165) is 13.1 Å². The molecule has 21 heavy (non-hydrogen) atoms. The van der Waals surface area contributed by atoms with Gasteiger partial charge < -0.3 is 14.4 Å². The summed E-state index contributed by atoms with van der Waals surface area (Å²) in [6.07, 6.45) is 1.80. The van der Waals surface area contributed by atoms with Crippen LogP contribution in [0.25, 0.3) is 5.57 Å². The molecule has 1 aromatic carbocycles. The molecule has 2 aliphatic heterocycles. The zero-order chi connectivity index (χ0) is 14.8. The average Bonchev–Trinajstić information content (AvgIpc) is 2.52. The molecule has 0 saturated carbocycles. The molecule has 1 aromatic rings. The summed E-state index contributed by atoms with van der Waals surface area (Å²) in [7, 11) is 1.54. The molecule has 2 heterocycles. The van der Waals surface area contributed by atoms with Gasteiger partial charge in [-0.2, -0.15) is 0 Å². The van der Waals surface area contributed by atoms with Crippen LogP contribution in [0.4, 0.5) is 0 Å². The lowest BCUT2D eigenvalue weighted by atomic mass is 9.95. The highest BCUT2D eigenvalue weighted by molar-refractivity contribution is 6.31. The van der Waals surface area contributed by atoms with Gasteiger partial charge in [-0.05, 0) is 18.2 Å². The summed E-state index contributed by atoms with van der Waals surface area (Å²) < 4.78 is 10.4. The lowest BCUT2D eigenvalue weighted by molar-refractivity contribution is -0.114. The first-order chi connectivity index (χ1) is 10.2. The third kappa shape index (κ3) is 2.62. The molecule has 0 bridgehead atoms.